The molecule has 0 aliphatic carbocycles. The molecule has 2 aromatic rings. The van der Waals surface area contributed by atoms with Gasteiger partial charge in [0.25, 0.3) is 0 Å². The maximum Gasteiger partial charge on any atom is 0.198 e. The van der Waals surface area contributed by atoms with Crippen LogP contribution in [0.4, 0.5) is 5.69 Å². The van der Waals surface area contributed by atoms with E-state index in [0.717, 1.165) is 5.52 Å². The van der Waals surface area contributed by atoms with Gasteiger partial charge in [-0.05, 0) is 24.6 Å². The molecular weight excluding hydrogens is 236 g/mol. The Labute approximate surface area is 101 Å². The van der Waals surface area contributed by atoms with Gasteiger partial charge in [-0.15, -0.1) is 0 Å². The summed E-state index contributed by atoms with van der Waals surface area (Å²) >= 11 is 0. The van der Waals surface area contributed by atoms with E-state index in [0.29, 0.717) is 22.8 Å². The fraction of sp³-hybridized carbons (Fsp3) is 0.273. The van der Waals surface area contributed by atoms with Crippen LogP contribution in [0, 0.1) is 11.3 Å². The number of H-pyrrole nitrogens is 1. The summed E-state index contributed by atoms with van der Waals surface area (Å²) in [6.45, 7) is 1.83. The molecule has 5 nitrogen and oxygen atoms in total. The monoisotopic (exact) mass is 248 g/mol. The minimum atomic E-state index is -1.43. The first-order chi connectivity index (χ1) is 8.15. The molecule has 6 heteroatoms. The Morgan fingerprint density at radius 1 is 1.65 bits per heavy atom. The van der Waals surface area contributed by atoms with E-state index in [9.17, 15) is 4.21 Å². The van der Waals surface area contributed by atoms with Gasteiger partial charge in [-0.3, -0.25) is 0 Å². The van der Waals surface area contributed by atoms with Crippen molar-refractivity contribution in [3.63, 3.8) is 0 Å². The molecule has 0 fully saturated rings. The standard InChI is InChI=1S/C11H12N4OS/c1-2-8(6-12)17(16)11-14-9-4-3-7(13)5-10(9)15-11/h3-5,8H,2,13H2,1H3,(H,14,15). The third-order valence-corrected chi connectivity index (χ3v) is 3.98. The van der Waals surface area contributed by atoms with Crippen LogP contribution in [0.15, 0.2) is 23.4 Å². The molecule has 1 heterocycles. The number of imidazole rings is 1. The molecule has 2 unspecified atom stereocenters. The third kappa shape index (κ3) is 2.15. The van der Waals surface area contributed by atoms with Gasteiger partial charge in [-0.25, -0.2) is 9.19 Å². The summed E-state index contributed by atoms with van der Waals surface area (Å²) in [7, 11) is -1.43. The molecule has 0 bridgehead atoms. The van der Waals surface area contributed by atoms with Crippen LogP contribution in [0.3, 0.4) is 0 Å². The van der Waals surface area contributed by atoms with Crippen LogP contribution >= 0.6 is 0 Å². The number of hydrogen-bond donors (Lipinski definition) is 2. The molecular formula is C11H12N4OS. The summed E-state index contributed by atoms with van der Waals surface area (Å²) in [5.41, 5.74) is 7.70. The van der Waals surface area contributed by atoms with Crippen molar-refractivity contribution in [3.8, 4) is 6.07 Å². The van der Waals surface area contributed by atoms with Crippen LogP contribution in [-0.4, -0.2) is 19.4 Å². The minimum absolute atomic E-state index is 0.332. The average Bonchev–Trinajstić information content (AvgIpc) is 2.73. The lowest BCUT2D eigenvalue weighted by molar-refractivity contribution is 0.670. The van der Waals surface area contributed by atoms with Crippen molar-refractivity contribution in [2.45, 2.75) is 23.8 Å². The van der Waals surface area contributed by atoms with Gasteiger partial charge in [-0.1, -0.05) is 6.92 Å². The molecule has 3 N–H and O–H groups in total. The van der Waals surface area contributed by atoms with Crippen LogP contribution in [0.5, 0.6) is 0 Å². The van der Waals surface area contributed by atoms with Crippen molar-refractivity contribution in [1.29, 1.82) is 5.26 Å². The van der Waals surface area contributed by atoms with Gasteiger partial charge in [0.15, 0.2) is 5.16 Å². The number of anilines is 1. The third-order valence-electron chi connectivity index (χ3n) is 2.45. The lowest BCUT2D eigenvalue weighted by Crippen LogP contribution is -2.12. The normalized spacial score (nSPS) is 14.4. The second-order valence-electron chi connectivity index (χ2n) is 3.64. The topological polar surface area (TPSA) is 95.6 Å². The van der Waals surface area contributed by atoms with Crippen molar-refractivity contribution in [3.05, 3.63) is 18.2 Å². The molecule has 0 aliphatic rings. The fourth-order valence-corrected chi connectivity index (χ4v) is 2.59. The Morgan fingerprint density at radius 3 is 3.06 bits per heavy atom. The van der Waals surface area contributed by atoms with Gasteiger partial charge >= 0.3 is 0 Å². The zero-order valence-corrected chi connectivity index (χ0v) is 10.1. The van der Waals surface area contributed by atoms with E-state index in [2.05, 4.69) is 9.97 Å². The Balaban J connectivity index is 2.43. The summed E-state index contributed by atoms with van der Waals surface area (Å²) in [5.74, 6) is 0. The van der Waals surface area contributed by atoms with Crippen LogP contribution in [-0.2, 0) is 10.8 Å². The lowest BCUT2D eigenvalue weighted by Gasteiger charge is -2.01. The molecule has 0 saturated carbocycles. The predicted molar refractivity (Wildman–Crippen MR) is 66.6 cm³/mol. The fourth-order valence-electron chi connectivity index (χ4n) is 1.52. The largest absolute Gasteiger partial charge is 0.399 e. The Hall–Kier alpha value is -1.87. The molecule has 1 aromatic carbocycles. The number of aromatic nitrogens is 2. The molecule has 0 aliphatic heterocycles. The van der Waals surface area contributed by atoms with Crippen LogP contribution in [0.1, 0.15) is 13.3 Å². The average molecular weight is 248 g/mol. The smallest absolute Gasteiger partial charge is 0.198 e. The molecule has 88 valence electrons. The Bertz CT molecular complexity index is 613. The summed E-state index contributed by atoms with van der Waals surface area (Å²) in [5, 5.41) is 8.67. The summed E-state index contributed by atoms with van der Waals surface area (Å²) in [4.78, 5) is 7.15. The molecule has 17 heavy (non-hydrogen) atoms. The molecule has 0 amide bonds. The first-order valence-electron chi connectivity index (χ1n) is 5.21. The van der Waals surface area contributed by atoms with Crippen molar-refractivity contribution in [1.82, 2.24) is 9.97 Å². The SMILES string of the molecule is CCC(C#N)S(=O)c1nc2ccc(N)cc2[nH]1. The summed E-state index contributed by atoms with van der Waals surface area (Å²) in [6, 6.07) is 7.25. The number of hydrogen-bond acceptors (Lipinski definition) is 4. The number of nitriles is 1. The quantitative estimate of drug-likeness (QED) is 0.805. The second-order valence-corrected chi connectivity index (χ2v) is 5.19. The van der Waals surface area contributed by atoms with E-state index in [-0.39, 0.29) is 0 Å². The first-order valence-corrected chi connectivity index (χ1v) is 6.42. The predicted octanol–water partition coefficient (Wildman–Crippen LogP) is 1.55. The highest BCUT2D eigenvalue weighted by molar-refractivity contribution is 7.85. The number of nitrogens with zero attached hydrogens (tertiary/aromatic N) is 2. The minimum Gasteiger partial charge on any atom is -0.399 e. The molecule has 2 rings (SSSR count). The van der Waals surface area contributed by atoms with Gasteiger partial charge in [0, 0.05) is 5.69 Å². The van der Waals surface area contributed by atoms with Gasteiger partial charge in [0.2, 0.25) is 0 Å². The van der Waals surface area contributed by atoms with E-state index in [1.807, 2.05) is 13.0 Å². The number of nitrogen functional groups attached to an aromatic ring is 1. The lowest BCUT2D eigenvalue weighted by atomic mass is 10.3. The highest BCUT2D eigenvalue weighted by Crippen LogP contribution is 2.18. The Kier molecular flexibility index (Phi) is 3.11. The van der Waals surface area contributed by atoms with E-state index in [1.54, 1.807) is 18.2 Å². The maximum atomic E-state index is 12.0. The van der Waals surface area contributed by atoms with Gasteiger partial charge in [-0.2, -0.15) is 5.26 Å². The highest BCUT2D eigenvalue weighted by atomic mass is 32.2. The summed E-state index contributed by atoms with van der Waals surface area (Å²) in [6.07, 6.45) is 0.530. The van der Waals surface area contributed by atoms with E-state index >= 15 is 0 Å². The molecule has 1 aromatic heterocycles. The van der Waals surface area contributed by atoms with Crippen LogP contribution < -0.4 is 5.73 Å². The molecule has 0 spiro atoms. The van der Waals surface area contributed by atoms with E-state index in [1.165, 1.54) is 0 Å². The first kappa shape index (κ1) is 11.6. The van der Waals surface area contributed by atoms with Crippen LogP contribution in [0.25, 0.3) is 11.0 Å². The number of rotatable bonds is 3. The number of fused-ring (bicyclic) bond motifs is 1. The van der Waals surface area contributed by atoms with Gasteiger partial charge in [0.1, 0.15) is 16.0 Å². The summed E-state index contributed by atoms with van der Waals surface area (Å²) < 4.78 is 12.0. The van der Waals surface area contributed by atoms with E-state index in [4.69, 9.17) is 11.0 Å². The molecule has 2 atom stereocenters. The van der Waals surface area contributed by atoms with Gasteiger partial charge in [0.05, 0.1) is 17.1 Å². The van der Waals surface area contributed by atoms with Gasteiger partial charge < -0.3 is 10.7 Å². The van der Waals surface area contributed by atoms with Crippen LogP contribution in [0.2, 0.25) is 0 Å². The number of nitrogens with two attached hydrogens (primary N) is 1. The van der Waals surface area contributed by atoms with Crippen molar-refractivity contribution >= 4 is 27.5 Å². The molecule has 0 radical (unpaired) electrons. The van der Waals surface area contributed by atoms with Crippen molar-refractivity contribution in [2.24, 2.45) is 0 Å². The van der Waals surface area contributed by atoms with Crippen molar-refractivity contribution in [2.75, 3.05) is 5.73 Å². The zero-order chi connectivity index (χ0) is 12.4. The van der Waals surface area contributed by atoms with E-state index < -0.39 is 16.0 Å². The highest BCUT2D eigenvalue weighted by Gasteiger charge is 2.19. The number of aromatic amines is 1. The maximum absolute atomic E-state index is 12.0. The number of nitrogens with one attached hydrogen (secondary N) is 1. The van der Waals surface area contributed by atoms with Crippen molar-refractivity contribution < 1.29 is 4.21 Å². The second kappa shape index (κ2) is 4.55. The number of benzene rings is 1. The molecule has 0 saturated heterocycles. The Morgan fingerprint density at radius 2 is 2.41 bits per heavy atom. The zero-order valence-electron chi connectivity index (χ0n) is 9.30.